The van der Waals surface area contributed by atoms with Crippen LogP contribution in [0.4, 0.5) is 0 Å². The van der Waals surface area contributed by atoms with Gasteiger partial charge in [0.1, 0.15) is 6.10 Å². The number of amides is 1. The van der Waals surface area contributed by atoms with Crippen LogP contribution >= 0.6 is 0 Å². The minimum atomic E-state index is 0.0211. The number of ether oxygens (including phenoxy) is 3. The maximum absolute atomic E-state index is 12.1. The van der Waals surface area contributed by atoms with Gasteiger partial charge in [0.25, 0.3) is 11.8 Å². The third-order valence-electron chi connectivity index (χ3n) is 4.43. The first kappa shape index (κ1) is 16.0. The van der Waals surface area contributed by atoms with Gasteiger partial charge in [0.15, 0.2) is 0 Å². The van der Waals surface area contributed by atoms with E-state index in [1.54, 1.807) is 19.5 Å². The lowest BCUT2D eigenvalue weighted by atomic mass is 9.92. The third-order valence-corrected chi connectivity index (χ3v) is 4.43. The van der Waals surface area contributed by atoms with Gasteiger partial charge in [0.05, 0.1) is 19.6 Å². The zero-order valence-electron chi connectivity index (χ0n) is 13.4. The van der Waals surface area contributed by atoms with E-state index in [-0.39, 0.29) is 24.0 Å². The summed E-state index contributed by atoms with van der Waals surface area (Å²) in [6.07, 6.45) is 7.66. The molecule has 1 N–H and O–H groups in total. The fourth-order valence-corrected chi connectivity index (χ4v) is 3.08. The van der Waals surface area contributed by atoms with Gasteiger partial charge in [0, 0.05) is 25.0 Å². The Morgan fingerprint density at radius 1 is 1.17 bits per heavy atom. The number of hydrogen-bond acceptors (Lipinski definition) is 6. The molecule has 1 aliphatic heterocycles. The van der Waals surface area contributed by atoms with Crippen LogP contribution in [0.1, 0.15) is 32.1 Å². The molecule has 0 aromatic carbocycles. The highest BCUT2D eigenvalue weighted by Crippen LogP contribution is 2.27. The van der Waals surface area contributed by atoms with Crippen molar-refractivity contribution in [3.63, 3.8) is 0 Å². The van der Waals surface area contributed by atoms with E-state index in [4.69, 9.17) is 14.2 Å². The summed E-state index contributed by atoms with van der Waals surface area (Å²) in [5, 5.41) is 3.14. The van der Waals surface area contributed by atoms with Gasteiger partial charge in [-0.1, -0.05) is 0 Å². The summed E-state index contributed by atoms with van der Waals surface area (Å²) < 4.78 is 16.3. The van der Waals surface area contributed by atoms with Gasteiger partial charge in [-0.25, -0.2) is 9.97 Å². The molecule has 7 nitrogen and oxygen atoms in total. The monoisotopic (exact) mass is 321 g/mol. The number of nitrogens with zero attached hydrogens (tertiary/aromatic N) is 2. The van der Waals surface area contributed by atoms with Crippen LogP contribution in [0.5, 0.6) is 11.8 Å². The second kappa shape index (κ2) is 7.59. The van der Waals surface area contributed by atoms with Gasteiger partial charge in [-0.3, -0.25) is 4.79 Å². The molecule has 2 heterocycles. The topological polar surface area (TPSA) is 82.6 Å². The molecule has 2 aliphatic rings. The molecule has 23 heavy (non-hydrogen) atoms. The molecule has 3 rings (SSSR count). The van der Waals surface area contributed by atoms with E-state index in [0.717, 1.165) is 32.1 Å². The molecule has 2 fully saturated rings. The normalized spacial score (nSPS) is 27.4. The summed E-state index contributed by atoms with van der Waals surface area (Å²) in [6, 6.07) is 0.228. The van der Waals surface area contributed by atoms with Crippen LogP contribution in [0.3, 0.4) is 0 Å². The molecule has 0 spiro atoms. The minimum Gasteiger partial charge on any atom is -0.477 e. The summed E-state index contributed by atoms with van der Waals surface area (Å²) >= 11 is 0. The van der Waals surface area contributed by atoms with E-state index in [0.29, 0.717) is 25.0 Å². The predicted octanol–water partition coefficient (Wildman–Crippen LogP) is 1.33. The van der Waals surface area contributed by atoms with Crippen LogP contribution in [0.2, 0.25) is 0 Å². The molecule has 1 amide bonds. The molecule has 1 atom stereocenters. The van der Waals surface area contributed by atoms with E-state index in [2.05, 4.69) is 15.3 Å². The van der Waals surface area contributed by atoms with Crippen molar-refractivity contribution in [3.05, 3.63) is 12.4 Å². The number of methoxy groups -OCH3 is 1. The fourth-order valence-electron chi connectivity index (χ4n) is 3.08. The van der Waals surface area contributed by atoms with Crippen LogP contribution in [-0.2, 0) is 9.53 Å². The van der Waals surface area contributed by atoms with Gasteiger partial charge in [-0.2, -0.15) is 0 Å². The average molecular weight is 321 g/mol. The van der Waals surface area contributed by atoms with Crippen molar-refractivity contribution in [3.8, 4) is 11.8 Å². The molecule has 1 aromatic heterocycles. The van der Waals surface area contributed by atoms with Crippen molar-refractivity contribution in [2.45, 2.75) is 44.2 Å². The van der Waals surface area contributed by atoms with Crippen LogP contribution in [0, 0.1) is 5.92 Å². The predicted molar refractivity (Wildman–Crippen MR) is 82.3 cm³/mol. The van der Waals surface area contributed by atoms with Crippen molar-refractivity contribution < 1.29 is 19.0 Å². The molecule has 1 aromatic rings. The zero-order valence-corrected chi connectivity index (χ0v) is 13.4. The Bertz CT molecular complexity index is 526. The van der Waals surface area contributed by atoms with Crippen molar-refractivity contribution in [1.82, 2.24) is 15.3 Å². The van der Waals surface area contributed by atoms with Gasteiger partial charge < -0.3 is 19.5 Å². The summed E-state index contributed by atoms with van der Waals surface area (Å²) in [6.45, 7) is 1.25. The number of aromatic nitrogens is 2. The van der Waals surface area contributed by atoms with Gasteiger partial charge in [-0.15, -0.1) is 0 Å². The van der Waals surface area contributed by atoms with Crippen molar-refractivity contribution >= 4 is 5.91 Å². The molecule has 1 aliphatic carbocycles. The van der Waals surface area contributed by atoms with Crippen LogP contribution in [0.15, 0.2) is 12.4 Å². The highest BCUT2D eigenvalue weighted by atomic mass is 16.5. The third kappa shape index (κ3) is 4.10. The van der Waals surface area contributed by atoms with Crippen LogP contribution in [-0.4, -0.2) is 48.3 Å². The number of carbonyl (C=O) groups excluding carboxylic acids is 1. The van der Waals surface area contributed by atoms with Gasteiger partial charge in [0.2, 0.25) is 5.91 Å². The zero-order chi connectivity index (χ0) is 16.1. The maximum atomic E-state index is 12.1. The Morgan fingerprint density at radius 3 is 2.57 bits per heavy atom. The SMILES string of the molecule is COc1nccnc1OC1CCC(NC(=O)C2CCOC2)CC1. The molecule has 1 saturated heterocycles. The van der Waals surface area contributed by atoms with Crippen molar-refractivity contribution in [2.24, 2.45) is 5.92 Å². The summed E-state index contributed by atoms with van der Waals surface area (Å²) in [4.78, 5) is 20.4. The van der Waals surface area contributed by atoms with E-state index < -0.39 is 0 Å². The fraction of sp³-hybridized carbons (Fsp3) is 0.688. The Balaban J connectivity index is 1.45. The molecular weight excluding hydrogens is 298 g/mol. The first-order valence-electron chi connectivity index (χ1n) is 8.16. The minimum absolute atomic E-state index is 0.0211. The molecule has 1 saturated carbocycles. The summed E-state index contributed by atoms with van der Waals surface area (Å²) in [5.41, 5.74) is 0. The highest BCUT2D eigenvalue weighted by molar-refractivity contribution is 5.79. The smallest absolute Gasteiger partial charge is 0.278 e. The Kier molecular flexibility index (Phi) is 5.27. The molecule has 0 bridgehead atoms. The van der Waals surface area contributed by atoms with E-state index >= 15 is 0 Å². The van der Waals surface area contributed by atoms with E-state index in [1.807, 2.05) is 0 Å². The largest absolute Gasteiger partial charge is 0.477 e. The van der Waals surface area contributed by atoms with E-state index in [1.165, 1.54) is 0 Å². The first-order valence-corrected chi connectivity index (χ1v) is 8.16. The number of nitrogens with one attached hydrogen (secondary N) is 1. The Morgan fingerprint density at radius 2 is 1.91 bits per heavy atom. The second-order valence-electron chi connectivity index (χ2n) is 6.03. The first-order chi connectivity index (χ1) is 11.3. The standard InChI is InChI=1S/C16H23N3O4/c1-21-15-16(18-8-7-17-15)23-13-4-2-12(3-5-13)19-14(20)11-6-9-22-10-11/h7-8,11-13H,2-6,9-10H2,1H3,(H,19,20). The molecule has 1 unspecified atom stereocenters. The molecular formula is C16H23N3O4. The second-order valence-corrected chi connectivity index (χ2v) is 6.03. The number of rotatable bonds is 5. The lowest BCUT2D eigenvalue weighted by Crippen LogP contribution is -2.42. The van der Waals surface area contributed by atoms with Crippen molar-refractivity contribution in [2.75, 3.05) is 20.3 Å². The van der Waals surface area contributed by atoms with Crippen LogP contribution < -0.4 is 14.8 Å². The molecule has 7 heteroatoms. The molecule has 0 radical (unpaired) electrons. The summed E-state index contributed by atoms with van der Waals surface area (Å²) in [7, 11) is 1.55. The summed E-state index contributed by atoms with van der Waals surface area (Å²) in [5.74, 6) is 0.991. The number of carbonyl (C=O) groups is 1. The maximum Gasteiger partial charge on any atom is 0.278 e. The number of hydrogen-bond donors (Lipinski definition) is 1. The Labute approximate surface area is 135 Å². The van der Waals surface area contributed by atoms with Crippen molar-refractivity contribution in [1.29, 1.82) is 0 Å². The van der Waals surface area contributed by atoms with Gasteiger partial charge >= 0.3 is 0 Å². The quantitative estimate of drug-likeness (QED) is 0.881. The lowest BCUT2D eigenvalue weighted by molar-refractivity contribution is -0.126. The van der Waals surface area contributed by atoms with Gasteiger partial charge in [-0.05, 0) is 32.1 Å². The van der Waals surface area contributed by atoms with E-state index in [9.17, 15) is 4.79 Å². The molecule has 126 valence electrons. The highest BCUT2D eigenvalue weighted by Gasteiger charge is 2.28. The van der Waals surface area contributed by atoms with Crippen LogP contribution in [0.25, 0.3) is 0 Å². The lowest BCUT2D eigenvalue weighted by Gasteiger charge is -2.29. The Hall–Kier alpha value is -1.89. The average Bonchev–Trinajstić information content (AvgIpc) is 3.12.